The van der Waals surface area contributed by atoms with Crippen LogP contribution in [0.25, 0.3) is 0 Å². The Labute approximate surface area is 133 Å². The summed E-state index contributed by atoms with van der Waals surface area (Å²) in [6, 6.07) is 10.5. The highest BCUT2D eigenvalue weighted by Gasteiger charge is 1.95. The maximum atomic E-state index is 5.78. The average Bonchev–Trinajstić information content (AvgIpc) is 2.43. The van der Waals surface area contributed by atoms with Crippen molar-refractivity contribution in [1.29, 1.82) is 0 Å². The number of benzene rings is 1. The monoisotopic (exact) mass is 320 g/mol. The van der Waals surface area contributed by atoms with E-state index < -0.39 is 0 Å². The summed E-state index contributed by atoms with van der Waals surface area (Å²) in [4.78, 5) is 0. The van der Waals surface area contributed by atoms with Crippen molar-refractivity contribution in [2.45, 2.75) is 6.92 Å². The molecule has 0 atom stereocenters. The van der Waals surface area contributed by atoms with Gasteiger partial charge < -0.3 is 13.9 Å². The van der Waals surface area contributed by atoms with Crippen LogP contribution in [0.15, 0.2) is 40.8 Å². The lowest BCUT2D eigenvalue weighted by Crippen LogP contribution is -1.97. The second kappa shape index (κ2) is 7.72. The van der Waals surface area contributed by atoms with Gasteiger partial charge in [-0.3, -0.25) is 0 Å². The fourth-order valence-corrected chi connectivity index (χ4v) is 1.90. The Bertz CT molecular complexity index is 711. The number of ether oxygens (including phenoxy) is 2. The van der Waals surface area contributed by atoms with Crippen LogP contribution in [0.4, 0.5) is 0 Å². The summed E-state index contributed by atoms with van der Waals surface area (Å²) < 4.78 is 16.5. The minimum atomic E-state index is 0.266. The first kappa shape index (κ1) is 15.4. The average molecular weight is 321 g/mol. The Morgan fingerprint density at radius 2 is 1.67 bits per heavy atom. The van der Waals surface area contributed by atoms with Gasteiger partial charge in [0, 0.05) is 17.2 Å². The van der Waals surface area contributed by atoms with Crippen LogP contribution in [0.3, 0.4) is 0 Å². The second-order valence-corrected chi connectivity index (χ2v) is 4.95. The number of hydrogen-bond acceptors (Lipinski definition) is 4. The van der Waals surface area contributed by atoms with Gasteiger partial charge in [-0.25, -0.2) is 0 Å². The lowest BCUT2D eigenvalue weighted by molar-refractivity contribution is 0.357. The first-order valence-electron chi connectivity index (χ1n) is 6.22. The van der Waals surface area contributed by atoms with Crippen molar-refractivity contribution in [2.24, 2.45) is 0 Å². The molecule has 0 N–H and O–H groups in total. The second-order valence-electron chi connectivity index (χ2n) is 4.11. The van der Waals surface area contributed by atoms with Gasteiger partial charge in [-0.05, 0) is 43.4 Å². The van der Waals surface area contributed by atoms with Crippen LogP contribution in [0, 0.1) is 23.5 Å². The van der Waals surface area contributed by atoms with E-state index in [1.54, 1.807) is 36.4 Å². The van der Waals surface area contributed by atoms with Crippen LogP contribution < -0.4 is 9.47 Å². The summed E-state index contributed by atoms with van der Waals surface area (Å²) in [6.07, 6.45) is 0. The molecule has 1 aromatic carbocycles. The van der Waals surface area contributed by atoms with Gasteiger partial charge in [0.2, 0.25) is 0 Å². The smallest absolute Gasteiger partial charge is 0.193 e. The molecule has 0 saturated carbocycles. The molecule has 0 aliphatic heterocycles. The lowest BCUT2D eigenvalue weighted by Gasteiger charge is -2.02. The summed E-state index contributed by atoms with van der Waals surface area (Å²) in [5.74, 6) is 7.82. The van der Waals surface area contributed by atoms with E-state index in [0.29, 0.717) is 27.8 Å². The normalized spacial score (nSPS) is 9.62. The SMILES string of the molecule is Cc1cc(OCC#CCOc2ccc(Cl)cc2)cc(=S)o1. The number of rotatable bonds is 4. The van der Waals surface area contributed by atoms with Gasteiger partial charge in [-0.15, -0.1) is 0 Å². The van der Waals surface area contributed by atoms with Crippen LogP contribution >= 0.6 is 23.8 Å². The predicted octanol–water partition coefficient (Wildman–Crippen LogP) is 4.43. The van der Waals surface area contributed by atoms with Crippen molar-refractivity contribution in [3.8, 4) is 23.3 Å². The number of hydrogen-bond donors (Lipinski definition) is 0. The largest absolute Gasteiger partial charge is 0.481 e. The zero-order valence-corrected chi connectivity index (χ0v) is 13.0. The van der Waals surface area contributed by atoms with Gasteiger partial charge in [0.1, 0.15) is 30.5 Å². The molecule has 2 rings (SSSR count). The maximum absolute atomic E-state index is 5.78. The van der Waals surface area contributed by atoms with Crippen LogP contribution in [-0.4, -0.2) is 13.2 Å². The molecule has 0 radical (unpaired) electrons. The van der Waals surface area contributed by atoms with Crippen LogP contribution in [-0.2, 0) is 0 Å². The minimum absolute atomic E-state index is 0.266. The molecular formula is C16H13ClO3S. The third kappa shape index (κ3) is 5.50. The molecule has 0 fully saturated rings. The zero-order valence-electron chi connectivity index (χ0n) is 11.4. The molecule has 1 aromatic heterocycles. The maximum Gasteiger partial charge on any atom is 0.193 e. The summed E-state index contributed by atoms with van der Waals surface area (Å²) in [6.45, 7) is 2.37. The van der Waals surface area contributed by atoms with Gasteiger partial charge >= 0.3 is 0 Å². The Hall–Kier alpha value is -1.96. The molecule has 0 saturated heterocycles. The minimum Gasteiger partial charge on any atom is -0.481 e. The van der Waals surface area contributed by atoms with E-state index in [0.717, 1.165) is 5.75 Å². The first-order valence-corrected chi connectivity index (χ1v) is 7.01. The molecule has 0 aliphatic rings. The highest BCUT2D eigenvalue weighted by molar-refractivity contribution is 7.71. The molecule has 21 heavy (non-hydrogen) atoms. The van der Waals surface area contributed by atoms with E-state index in [2.05, 4.69) is 11.8 Å². The molecule has 0 spiro atoms. The third-order valence-electron chi connectivity index (χ3n) is 2.43. The molecule has 3 nitrogen and oxygen atoms in total. The summed E-state index contributed by atoms with van der Waals surface area (Å²) >= 11 is 10.7. The topological polar surface area (TPSA) is 31.6 Å². The molecule has 5 heteroatoms. The van der Waals surface area contributed by atoms with E-state index in [1.807, 2.05) is 6.92 Å². The van der Waals surface area contributed by atoms with Crippen LogP contribution in [0.1, 0.15) is 5.76 Å². The van der Waals surface area contributed by atoms with E-state index in [4.69, 9.17) is 37.7 Å². The van der Waals surface area contributed by atoms with E-state index in [-0.39, 0.29) is 6.61 Å². The van der Waals surface area contributed by atoms with E-state index >= 15 is 0 Å². The molecular weight excluding hydrogens is 308 g/mol. The predicted molar refractivity (Wildman–Crippen MR) is 84.5 cm³/mol. The van der Waals surface area contributed by atoms with Crippen molar-refractivity contribution in [3.05, 3.63) is 51.9 Å². The van der Waals surface area contributed by atoms with Crippen molar-refractivity contribution < 1.29 is 13.9 Å². The van der Waals surface area contributed by atoms with Gasteiger partial charge in [-0.2, -0.15) is 0 Å². The molecule has 1 heterocycles. The summed E-state index contributed by atoms with van der Waals surface area (Å²) in [5, 5.41) is 0.674. The fraction of sp³-hybridized carbons (Fsp3) is 0.188. The molecule has 0 bridgehead atoms. The van der Waals surface area contributed by atoms with Crippen molar-refractivity contribution in [3.63, 3.8) is 0 Å². The highest BCUT2D eigenvalue weighted by Crippen LogP contribution is 2.15. The van der Waals surface area contributed by atoms with Crippen molar-refractivity contribution in [2.75, 3.05) is 13.2 Å². The molecule has 0 aliphatic carbocycles. The molecule has 0 unspecified atom stereocenters. The standard InChI is InChI=1S/C16H13ClO3S/c1-12-10-15(11-16(21)20-12)19-9-3-2-8-18-14-6-4-13(17)5-7-14/h4-7,10-11H,8-9H2,1H3. The fourth-order valence-electron chi connectivity index (χ4n) is 1.53. The molecule has 108 valence electrons. The van der Waals surface area contributed by atoms with E-state index in [9.17, 15) is 0 Å². The van der Waals surface area contributed by atoms with Gasteiger partial charge in [-0.1, -0.05) is 23.4 Å². The third-order valence-corrected chi connectivity index (χ3v) is 2.88. The quantitative estimate of drug-likeness (QED) is 0.616. The van der Waals surface area contributed by atoms with Gasteiger partial charge in [0.15, 0.2) is 4.71 Å². The first-order chi connectivity index (χ1) is 10.1. The van der Waals surface area contributed by atoms with Crippen LogP contribution in [0.5, 0.6) is 11.5 Å². The number of halogens is 1. The highest BCUT2D eigenvalue weighted by atomic mass is 35.5. The Kier molecular flexibility index (Phi) is 5.68. The van der Waals surface area contributed by atoms with Gasteiger partial charge in [0.05, 0.1) is 0 Å². The summed E-state index contributed by atoms with van der Waals surface area (Å²) in [7, 11) is 0. The van der Waals surface area contributed by atoms with Crippen molar-refractivity contribution >= 4 is 23.8 Å². The van der Waals surface area contributed by atoms with E-state index in [1.165, 1.54) is 0 Å². The Morgan fingerprint density at radius 3 is 2.29 bits per heavy atom. The van der Waals surface area contributed by atoms with Crippen molar-refractivity contribution in [1.82, 2.24) is 0 Å². The Balaban J connectivity index is 1.76. The van der Waals surface area contributed by atoms with Gasteiger partial charge in [0.25, 0.3) is 0 Å². The lowest BCUT2D eigenvalue weighted by atomic mass is 10.3. The summed E-state index contributed by atoms with van der Waals surface area (Å²) in [5.41, 5.74) is 0. The Morgan fingerprint density at radius 1 is 1.05 bits per heavy atom. The van der Waals surface area contributed by atoms with Crippen LogP contribution in [0.2, 0.25) is 5.02 Å². The number of aryl methyl sites for hydroxylation is 1. The molecule has 2 aromatic rings. The molecule has 0 amide bonds. The zero-order chi connectivity index (χ0) is 15.1.